The summed E-state index contributed by atoms with van der Waals surface area (Å²) >= 11 is 0. The first-order valence-corrected chi connectivity index (χ1v) is 7.78. The molecule has 6 nitrogen and oxygen atoms in total. The van der Waals surface area contributed by atoms with Gasteiger partial charge in [-0.15, -0.1) is 0 Å². The number of imide groups is 1. The molecule has 3 amide bonds. The van der Waals surface area contributed by atoms with E-state index < -0.39 is 11.9 Å². The van der Waals surface area contributed by atoms with Gasteiger partial charge in [-0.05, 0) is 48.0 Å². The number of hydrogen-bond acceptors (Lipinski definition) is 4. The van der Waals surface area contributed by atoms with Gasteiger partial charge < -0.3 is 9.64 Å². The van der Waals surface area contributed by atoms with Crippen molar-refractivity contribution in [2.24, 2.45) is 0 Å². The molecule has 0 aromatic heterocycles. The standard InChI is InChI=1S/C19H19N3O3/c1-21(2)14-6-4-13(5-7-14)12-17-18(23)20-19(24)22(17)15-8-10-16(25-3)11-9-15/h4-12H,1-3H3,(H,20,23,24)/b17-12+. The number of ether oxygens (including phenoxy) is 1. The van der Waals surface area contributed by atoms with Crippen molar-refractivity contribution in [2.75, 3.05) is 31.0 Å². The van der Waals surface area contributed by atoms with Crippen LogP contribution in [0.2, 0.25) is 0 Å². The number of carbonyl (C=O) groups excluding carboxylic acids is 2. The third-order valence-corrected chi connectivity index (χ3v) is 3.94. The number of benzene rings is 2. The second-order valence-corrected chi connectivity index (χ2v) is 5.81. The lowest BCUT2D eigenvalue weighted by atomic mass is 10.1. The van der Waals surface area contributed by atoms with Crippen molar-refractivity contribution in [1.82, 2.24) is 5.32 Å². The zero-order valence-corrected chi connectivity index (χ0v) is 14.3. The fourth-order valence-electron chi connectivity index (χ4n) is 2.57. The van der Waals surface area contributed by atoms with Crippen LogP contribution in [0.4, 0.5) is 16.2 Å². The number of hydrogen-bond donors (Lipinski definition) is 1. The number of anilines is 2. The van der Waals surface area contributed by atoms with E-state index in [9.17, 15) is 9.59 Å². The third-order valence-electron chi connectivity index (χ3n) is 3.94. The Kier molecular flexibility index (Phi) is 4.43. The summed E-state index contributed by atoms with van der Waals surface area (Å²) in [5.74, 6) is 0.261. The Bertz CT molecular complexity index is 824. The molecule has 1 aliphatic rings. The third kappa shape index (κ3) is 3.33. The summed E-state index contributed by atoms with van der Waals surface area (Å²) in [5.41, 5.74) is 2.78. The fourth-order valence-corrected chi connectivity index (χ4v) is 2.57. The molecule has 1 fully saturated rings. The van der Waals surface area contributed by atoms with E-state index in [1.54, 1.807) is 37.5 Å². The minimum absolute atomic E-state index is 0.285. The van der Waals surface area contributed by atoms with Gasteiger partial charge in [0, 0.05) is 19.8 Å². The van der Waals surface area contributed by atoms with Crippen LogP contribution in [0.15, 0.2) is 54.2 Å². The van der Waals surface area contributed by atoms with Crippen molar-refractivity contribution in [1.29, 1.82) is 0 Å². The van der Waals surface area contributed by atoms with Crippen LogP contribution in [0.1, 0.15) is 5.56 Å². The second kappa shape index (κ2) is 6.68. The Hall–Kier alpha value is -3.28. The smallest absolute Gasteiger partial charge is 0.333 e. The Balaban J connectivity index is 1.96. The highest BCUT2D eigenvalue weighted by molar-refractivity contribution is 6.23. The summed E-state index contributed by atoms with van der Waals surface area (Å²) in [5, 5.41) is 2.33. The van der Waals surface area contributed by atoms with Crippen molar-refractivity contribution in [2.45, 2.75) is 0 Å². The van der Waals surface area contributed by atoms with Gasteiger partial charge in [-0.2, -0.15) is 0 Å². The molecule has 0 aliphatic carbocycles. The van der Waals surface area contributed by atoms with E-state index in [2.05, 4.69) is 5.32 Å². The molecule has 0 spiro atoms. The molecule has 0 radical (unpaired) electrons. The molecule has 6 heteroatoms. The van der Waals surface area contributed by atoms with Crippen LogP contribution in [0.3, 0.4) is 0 Å². The Morgan fingerprint density at radius 3 is 2.20 bits per heavy atom. The van der Waals surface area contributed by atoms with Gasteiger partial charge in [-0.25, -0.2) is 4.79 Å². The van der Waals surface area contributed by atoms with E-state index in [1.807, 2.05) is 43.3 Å². The van der Waals surface area contributed by atoms with E-state index >= 15 is 0 Å². The van der Waals surface area contributed by atoms with E-state index in [-0.39, 0.29) is 5.70 Å². The Labute approximate surface area is 146 Å². The van der Waals surface area contributed by atoms with Crippen LogP contribution in [0.5, 0.6) is 5.75 Å². The normalized spacial score (nSPS) is 15.5. The fraction of sp³-hybridized carbons (Fsp3) is 0.158. The first kappa shape index (κ1) is 16.6. The minimum Gasteiger partial charge on any atom is -0.497 e. The zero-order chi connectivity index (χ0) is 18.0. The molecular weight excluding hydrogens is 318 g/mol. The van der Waals surface area contributed by atoms with E-state index in [0.717, 1.165) is 11.3 Å². The minimum atomic E-state index is -0.466. The maximum absolute atomic E-state index is 12.2. The highest BCUT2D eigenvalue weighted by Gasteiger charge is 2.34. The first-order valence-electron chi connectivity index (χ1n) is 7.78. The van der Waals surface area contributed by atoms with Crippen LogP contribution in [0.25, 0.3) is 6.08 Å². The quantitative estimate of drug-likeness (QED) is 0.688. The predicted molar refractivity (Wildman–Crippen MR) is 97.8 cm³/mol. The number of carbonyl (C=O) groups is 2. The number of amides is 3. The average molecular weight is 337 g/mol. The predicted octanol–water partition coefficient (Wildman–Crippen LogP) is 2.86. The Morgan fingerprint density at radius 1 is 1.00 bits per heavy atom. The SMILES string of the molecule is COc1ccc(N2C(=O)NC(=O)/C2=C\c2ccc(N(C)C)cc2)cc1. The van der Waals surface area contributed by atoms with Crippen molar-refractivity contribution in [3.8, 4) is 5.75 Å². The summed E-state index contributed by atoms with van der Waals surface area (Å²) in [4.78, 5) is 27.8. The molecule has 25 heavy (non-hydrogen) atoms. The van der Waals surface area contributed by atoms with Crippen LogP contribution in [0, 0.1) is 0 Å². The molecule has 128 valence electrons. The number of nitrogens with one attached hydrogen (secondary N) is 1. The molecule has 0 atom stereocenters. The van der Waals surface area contributed by atoms with Gasteiger partial charge in [0.2, 0.25) is 0 Å². The second-order valence-electron chi connectivity index (χ2n) is 5.81. The number of methoxy groups -OCH3 is 1. The number of rotatable bonds is 4. The number of nitrogens with zero attached hydrogens (tertiary/aromatic N) is 2. The Morgan fingerprint density at radius 2 is 1.64 bits per heavy atom. The average Bonchev–Trinajstić information content (AvgIpc) is 2.89. The summed E-state index contributed by atoms with van der Waals surface area (Å²) in [6, 6.07) is 14.2. The summed E-state index contributed by atoms with van der Waals surface area (Å²) in [7, 11) is 5.49. The summed E-state index contributed by atoms with van der Waals surface area (Å²) in [6.45, 7) is 0. The van der Waals surface area contributed by atoms with Gasteiger partial charge in [0.25, 0.3) is 5.91 Å². The topological polar surface area (TPSA) is 61.9 Å². The van der Waals surface area contributed by atoms with Crippen molar-refractivity contribution in [3.63, 3.8) is 0 Å². The van der Waals surface area contributed by atoms with Crippen molar-refractivity contribution < 1.29 is 14.3 Å². The zero-order valence-electron chi connectivity index (χ0n) is 14.3. The van der Waals surface area contributed by atoms with Gasteiger partial charge >= 0.3 is 6.03 Å². The molecule has 1 N–H and O–H groups in total. The summed E-state index contributed by atoms with van der Waals surface area (Å²) < 4.78 is 5.13. The molecule has 1 saturated heterocycles. The maximum Gasteiger partial charge on any atom is 0.333 e. The van der Waals surface area contributed by atoms with Crippen LogP contribution in [-0.4, -0.2) is 33.1 Å². The van der Waals surface area contributed by atoms with E-state index in [1.165, 1.54) is 4.90 Å². The van der Waals surface area contributed by atoms with Gasteiger partial charge in [-0.1, -0.05) is 12.1 Å². The van der Waals surface area contributed by atoms with Gasteiger partial charge in [0.1, 0.15) is 11.4 Å². The van der Waals surface area contributed by atoms with Gasteiger partial charge in [0.15, 0.2) is 0 Å². The van der Waals surface area contributed by atoms with Crippen molar-refractivity contribution >= 4 is 29.4 Å². The lowest BCUT2D eigenvalue weighted by Crippen LogP contribution is -2.27. The monoisotopic (exact) mass is 337 g/mol. The number of urea groups is 1. The van der Waals surface area contributed by atoms with Crippen molar-refractivity contribution in [3.05, 3.63) is 59.8 Å². The van der Waals surface area contributed by atoms with E-state index in [0.29, 0.717) is 11.4 Å². The molecule has 1 aliphatic heterocycles. The lowest BCUT2D eigenvalue weighted by molar-refractivity contribution is -0.115. The first-order chi connectivity index (χ1) is 12.0. The van der Waals surface area contributed by atoms with E-state index in [4.69, 9.17) is 4.74 Å². The molecule has 2 aromatic rings. The highest BCUT2D eigenvalue weighted by Crippen LogP contribution is 2.27. The summed E-state index contributed by atoms with van der Waals surface area (Å²) in [6.07, 6.45) is 1.70. The largest absolute Gasteiger partial charge is 0.497 e. The van der Waals surface area contributed by atoms with Crippen LogP contribution >= 0.6 is 0 Å². The highest BCUT2D eigenvalue weighted by atomic mass is 16.5. The molecule has 3 rings (SSSR count). The molecule has 0 unspecified atom stereocenters. The van der Waals surface area contributed by atoms with Gasteiger partial charge in [-0.3, -0.25) is 15.0 Å². The van der Waals surface area contributed by atoms with Crippen LogP contribution in [-0.2, 0) is 4.79 Å². The molecule has 1 heterocycles. The molecule has 2 aromatic carbocycles. The molecule has 0 saturated carbocycles. The lowest BCUT2D eigenvalue weighted by Gasteiger charge is -2.16. The van der Waals surface area contributed by atoms with Gasteiger partial charge in [0.05, 0.1) is 12.8 Å². The molecular formula is C19H19N3O3. The van der Waals surface area contributed by atoms with Crippen LogP contribution < -0.4 is 19.9 Å². The molecule has 0 bridgehead atoms. The maximum atomic E-state index is 12.2.